The van der Waals surface area contributed by atoms with Crippen LogP contribution in [0.3, 0.4) is 0 Å². The number of hydrogen-bond acceptors (Lipinski definition) is 3. The van der Waals surface area contributed by atoms with E-state index in [0.29, 0.717) is 23.0 Å². The molecule has 0 spiro atoms. The predicted molar refractivity (Wildman–Crippen MR) is 161 cm³/mol. The molecule has 4 atom stereocenters. The maximum absolute atomic E-state index is 7.01. The largest absolute Gasteiger partial charge is 0.370 e. The number of benzene rings is 1. The van der Waals surface area contributed by atoms with Crippen LogP contribution in [0.25, 0.3) is 0 Å². The maximum atomic E-state index is 7.01. The average Bonchev–Trinajstić information content (AvgIpc) is 3.53. The summed E-state index contributed by atoms with van der Waals surface area (Å²) in [6.07, 6.45) is 11.8. The van der Waals surface area contributed by atoms with Crippen molar-refractivity contribution in [3.63, 3.8) is 0 Å². The summed E-state index contributed by atoms with van der Waals surface area (Å²) in [7, 11) is 0. The molecule has 6 rings (SSSR count). The Morgan fingerprint density at radius 1 is 0.974 bits per heavy atom. The molecule has 1 saturated carbocycles. The van der Waals surface area contributed by atoms with Gasteiger partial charge in [0, 0.05) is 42.9 Å². The number of thiocarbonyl (C=S) groups is 1. The van der Waals surface area contributed by atoms with Gasteiger partial charge < -0.3 is 19.7 Å². The molecule has 1 aromatic carbocycles. The van der Waals surface area contributed by atoms with Crippen LogP contribution in [0, 0.1) is 11.8 Å². The van der Waals surface area contributed by atoms with Gasteiger partial charge in [0.2, 0.25) is 0 Å². The smallest absolute Gasteiger partial charge is 0.174 e. The number of nitrogens with one attached hydrogen (secondary N) is 1. The SMILES string of the molecule is C[C@@H]1C[C@H](C)CN(c2ccc(N3C(=S)N[C@H](c4ccccn4)[C@H]3c3cccn3C3CCCCC3)cc2Cl)C1. The Bertz CT molecular complexity index is 1260. The van der Waals surface area contributed by atoms with E-state index in [-0.39, 0.29) is 12.1 Å². The third-order valence-electron chi connectivity index (χ3n) is 8.60. The molecule has 0 radical (unpaired) electrons. The van der Waals surface area contributed by atoms with Crippen molar-refractivity contribution in [2.45, 2.75) is 70.5 Å². The van der Waals surface area contributed by atoms with Crippen molar-refractivity contribution in [1.29, 1.82) is 0 Å². The maximum Gasteiger partial charge on any atom is 0.174 e. The van der Waals surface area contributed by atoms with E-state index in [9.17, 15) is 0 Å². The van der Waals surface area contributed by atoms with Gasteiger partial charge in [0.1, 0.15) is 6.04 Å². The molecule has 200 valence electrons. The van der Waals surface area contributed by atoms with E-state index in [1.807, 2.05) is 12.3 Å². The lowest BCUT2D eigenvalue weighted by molar-refractivity contribution is 0.340. The van der Waals surface area contributed by atoms with E-state index in [1.54, 1.807) is 0 Å². The number of anilines is 2. The van der Waals surface area contributed by atoms with Gasteiger partial charge in [-0.1, -0.05) is 50.8 Å². The van der Waals surface area contributed by atoms with Crippen molar-refractivity contribution >= 4 is 40.3 Å². The van der Waals surface area contributed by atoms with Crippen LogP contribution >= 0.6 is 23.8 Å². The Balaban J connectivity index is 1.39. The Labute approximate surface area is 237 Å². The minimum Gasteiger partial charge on any atom is -0.370 e. The third kappa shape index (κ3) is 4.93. The summed E-state index contributed by atoms with van der Waals surface area (Å²) in [6, 6.07) is 17.5. The topological polar surface area (TPSA) is 36.3 Å². The molecular formula is C31H38ClN5S. The fourth-order valence-corrected chi connectivity index (χ4v) is 7.68. The lowest BCUT2D eigenvalue weighted by Gasteiger charge is -2.37. The quantitative estimate of drug-likeness (QED) is 0.331. The molecule has 2 saturated heterocycles. The molecule has 0 amide bonds. The molecule has 4 heterocycles. The normalized spacial score (nSPS) is 26.6. The van der Waals surface area contributed by atoms with Crippen molar-refractivity contribution in [3.8, 4) is 0 Å². The van der Waals surface area contributed by atoms with Crippen LogP contribution in [0.2, 0.25) is 5.02 Å². The van der Waals surface area contributed by atoms with Gasteiger partial charge in [-0.05, 0) is 85.8 Å². The zero-order valence-corrected chi connectivity index (χ0v) is 24.0. The number of aromatic nitrogens is 2. The Kier molecular flexibility index (Phi) is 7.37. The molecule has 3 aliphatic rings. The van der Waals surface area contributed by atoms with Crippen LogP contribution in [0.4, 0.5) is 11.4 Å². The van der Waals surface area contributed by atoms with Crippen LogP contribution in [0.5, 0.6) is 0 Å². The van der Waals surface area contributed by atoms with E-state index in [2.05, 4.69) is 82.2 Å². The molecule has 2 aromatic heterocycles. The summed E-state index contributed by atoms with van der Waals surface area (Å²) in [5.74, 6) is 1.34. The lowest BCUT2D eigenvalue weighted by atomic mass is 9.91. The molecule has 2 aliphatic heterocycles. The summed E-state index contributed by atoms with van der Waals surface area (Å²) in [4.78, 5) is 9.46. The summed E-state index contributed by atoms with van der Waals surface area (Å²) in [5.41, 5.74) is 4.42. The van der Waals surface area contributed by atoms with Gasteiger partial charge in [0.25, 0.3) is 0 Å². The van der Waals surface area contributed by atoms with Gasteiger partial charge >= 0.3 is 0 Å². The standard InChI is InChI=1S/C31H38ClN5S/c1-21-17-22(2)20-35(19-21)27-14-13-24(18-25(27)32)37-30(29(34-31(37)38)26-11-6-7-15-33-26)28-12-8-16-36(28)23-9-4-3-5-10-23/h6-8,11-16,18,21-23,29-30H,3-5,9-10,17,19-20H2,1-2H3,(H,34,38)/t21-,22+,29-,30-/m1/s1. The highest BCUT2D eigenvalue weighted by atomic mass is 35.5. The summed E-state index contributed by atoms with van der Waals surface area (Å²) in [5, 5.41) is 5.12. The molecule has 1 N–H and O–H groups in total. The van der Waals surface area contributed by atoms with Crippen LogP contribution in [-0.2, 0) is 0 Å². The van der Waals surface area contributed by atoms with Gasteiger partial charge in [-0.3, -0.25) is 4.98 Å². The van der Waals surface area contributed by atoms with Crippen molar-refractivity contribution in [3.05, 3.63) is 77.3 Å². The third-order valence-corrected chi connectivity index (χ3v) is 9.22. The highest BCUT2D eigenvalue weighted by Gasteiger charge is 2.42. The molecular weight excluding hydrogens is 510 g/mol. The Morgan fingerprint density at radius 3 is 2.47 bits per heavy atom. The molecule has 38 heavy (non-hydrogen) atoms. The molecule has 1 aliphatic carbocycles. The number of hydrogen-bond donors (Lipinski definition) is 1. The van der Waals surface area contributed by atoms with Crippen LogP contribution in [-0.4, -0.2) is 27.8 Å². The lowest BCUT2D eigenvalue weighted by Crippen LogP contribution is -2.39. The van der Waals surface area contributed by atoms with Crippen molar-refractivity contribution in [2.75, 3.05) is 22.9 Å². The van der Waals surface area contributed by atoms with E-state index in [0.717, 1.165) is 35.2 Å². The van der Waals surface area contributed by atoms with Crippen molar-refractivity contribution < 1.29 is 0 Å². The van der Waals surface area contributed by atoms with Crippen molar-refractivity contribution in [2.24, 2.45) is 11.8 Å². The Morgan fingerprint density at radius 2 is 1.76 bits per heavy atom. The second-order valence-electron chi connectivity index (χ2n) is 11.6. The minimum atomic E-state index is -0.0526. The summed E-state index contributed by atoms with van der Waals surface area (Å²) in [6.45, 7) is 6.77. The molecule has 7 heteroatoms. The minimum absolute atomic E-state index is 0.0220. The summed E-state index contributed by atoms with van der Waals surface area (Å²) >= 11 is 13.0. The number of rotatable bonds is 5. The van der Waals surface area contributed by atoms with Crippen molar-refractivity contribution in [1.82, 2.24) is 14.9 Å². The van der Waals surface area contributed by atoms with E-state index in [4.69, 9.17) is 28.8 Å². The number of piperidine rings is 1. The second kappa shape index (κ2) is 10.9. The fraction of sp³-hybridized carbons (Fsp3) is 0.484. The fourth-order valence-electron chi connectivity index (χ4n) is 7.04. The zero-order chi connectivity index (χ0) is 26.2. The summed E-state index contributed by atoms with van der Waals surface area (Å²) < 4.78 is 2.51. The first-order chi connectivity index (χ1) is 18.5. The average molecular weight is 548 g/mol. The number of halogens is 1. The number of pyridine rings is 1. The molecule has 0 unspecified atom stereocenters. The molecule has 3 fully saturated rings. The highest BCUT2D eigenvalue weighted by Crippen LogP contribution is 2.45. The van der Waals surface area contributed by atoms with Crippen LogP contribution in [0.1, 0.15) is 81.9 Å². The molecule has 3 aromatic rings. The first-order valence-corrected chi connectivity index (χ1v) is 15.0. The van der Waals surface area contributed by atoms with E-state index in [1.165, 1.54) is 44.2 Å². The first kappa shape index (κ1) is 25.7. The second-order valence-corrected chi connectivity index (χ2v) is 12.4. The van der Waals surface area contributed by atoms with Gasteiger partial charge in [0.05, 0.1) is 22.4 Å². The predicted octanol–water partition coefficient (Wildman–Crippen LogP) is 7.70. The van der Waals surface area contributed by atoms with Gasteiger partial charge in [0.15, 0.2) is 5.11 Å². The molecule has 5 nitrogen and oxygen atoms in total. The van der Waals surface area contributed by atoms with Gasteiger partial charge in [-0.25, -0.2) is 0 Å². The van der Waals surface area contributed by atoms with E-state index < -0.39 is 0 Å². The van der Waals surface area contributed by atoms with Crippen LogP contribution in [0.15, 0.2) is 60.9 Å². The monoisotopic (exact) mass is 547 g/mol. The Hall–Kier alpha value is -2.57. The van der Waals surface area contributed by atoms with Gasteiger partial charge in [-0.15, -0.1) is 0 Å². The highest BCUT2D eigenvalue weighted by molar-refractivity contribution is 7.80. The van der Waals surface area contributed by atoms with Gasteiger partial charge in [-0.2, -0.15) is 0 Å². The molecule has 0 bridgehead atoms. The van der Waals surface area contributed by atoms with Crippen LogP contribution < -0.4 is 15.1 Å². The zero-order valence-electron chi connectivity index (χ0n) is 22.4. The number of nitrogens with zero attached hydrogens (tertiary/aromatic N) is 4. The first-order valence-electron chi connectivity index (χ1n) is 14.2. The van der Waals surface area contributed by atoms with E-state index >= 15 is 0 Å².